The predicted octanol–water partition coefficient (Wildman–Crippen LogP) is 7.23. The second kappa shape index (κ2) is 11.1. The molecule has 188 valence electrons. The summed E-state index contributed by atoms with van der Waals surface area (Å²) in [5.41, 5.74) is 2.77. The van der Waals surface area contributed by atoms with Crippen molar-refractivity contribution in [1.82, 2.24) is 4.57 Å². The highest BCUT2D eigenvalue weighted by molar-refractivity contribution is 6.35. The van der Waals surface area contributed by atoms with Gasteiger partial charge in [-0.1, -0.05) is 64.8 Å². The van der Waals surface area contributed by atoms with Gasteiger partial charge in [-0.3, -0.25) is 4.79 Å². The first-order chi connectivity index (χ1) is 17.7. The Labute approximate surface area is 221 Å². The highest BCUT2D eigenvalue weighted by Gasteiger charge is 2.25. The van der Waals surface area contributed by atoms with Gasteiger partial charge in [0.1, 0.15) is 11.9 Å². The molecule has 1 unspecified atom stereocenters. The molecular formula is C28H21Cl2FN2O4. The molecule has 9 heteroatoms. The van der Waals surface area contributed by atoms with Gasteiger partial charge in [-0.05, 0) is 64.6 Å². The fourth-order valence-electron chi connectivity index (χ4n) is 4.28. The quantitative estimate of drug-likeness (QED) is 0.239. The highest BCUT2D eigenvalue weighted by Crippen LogP contribution is 2.40. The molecule has 0 bridgehead atoms. The van der Waals surface area contributed by atoms with E-state index in [0.29, 0.717) is 26.7 Å². The van der Waals surface area contributed by atoms with Crippen LogP contribution in [0.3, 0.4) is 0 Å². The Kier molecular flexibility index (Phi) is 7.86. The fourth-order valence-corrected chi connectivity index (χ4v) is 4.82. The Morgan fingerprint density at radius 3 is 2.24 bits per heavy atom. The number of carbonyl (C=O) groups is 1. The second-order valence-electron chi connectivity index (χ2n) is 8.61. The van der Waals surface area contributed by atoms with E-state index in [1.807, 2.05) is 12.1 Å². The van der Waals surface area contributed by atoms with Crippen molar-refractivity contribution < 1.29 is 14.3 Å². The van der Waals surface area contributed by atoms with Gasteiger partial charge < -0.3 is 9.67 Å². The Morgan fingerprint density at radius 2 is 1.65 bits per heavy atom. The monoisotopic (exact) mass is 538 g/mol. The van der Waals surface area contributed by atoms with E-state index in [-0.39, 0.29) is 17.9 Å². The van der Waals surface area contributed by atoms with Crippen molar-refractivity contribution in [3.8, 4) is 11.1 Å². The minimum Gasteiger partial charge on any atom is -0.478 e. The van der Waals surface area contributed by atoms with Crippen LogP contribution in [0.4, 0.5) is 4.39 Å². The summed E-state index contributed by atoms with van der Waals surface area (Å²) in [5.74, 6) is -2.51. The first-order valence-corrected chi connectivity index (χ1v) is 12.0. The number of nitroso groups, excluding NO2 is 1. The maximum absolute atomic E-state index is 14.2. The first kappa shape index (κ1) is 26.3. The Hall–Kier alpha value is -3.81. The summed E-state index contributed by atoms with van der Waals surface area (Å²) in [7, 11) is 1.60. The molecule has 4 rings (SSSR count). The molecule has 37 heavy (non-hydrogen) atoms. The smallest absolute Gasteiger partial charge is 0.338 e. The van der Waals surface area contributed by atoms with Crippen molar-refractivity contribution in [1.29, 1.82) is 0 Å². The molecule has 0 saturated carbocycles. The standard InChI is InChI=1S/C28H21Cl2FN2O4/c1-33-15-19(7-11-27(33)34)26(32-37)14-23(21-10-8-20(29)13-24(21)30)17-4-2-16(3-5-17)18-6-9-22(28(35)36)25(31)12-18/h2-13,15,23,26H,14H2,1H3,(H,35,36)/t23-,26?/m0/s1. The number of nitrogens with zero attached hydrogens (tertiary/aromatic N) is 2. The SMILES string of the molecule is Cn1cc(C(C[C@@H](c2ccc(-c3ccc(C(=O)O)c(F)c3)cc2)c2ccc(Cl)cc2Cl)N=O)ccc1=O. The zero-order chi connectivity index (χ0) is 26.7. The number of hydrogen-bond donors (Lipinski definition) is 1. The molecule has 2 atom stereocenters. The average molecular weight is 539 g/mol. The van der Waals surface area contributed by atoms with Crippen LogP contribution in [0.2, 0.25) is 10.0 Å². The van der Waals surface area contributed by atoms with Crippen molar-refractivity contribution in [3.05, 3.63) is 132 Å². The molecule has 0 aliphatic heterocycles. The summed E-state index contributed by atoms with van der Waals surface area (Å²) < 4.78 is 15.6. The van der Waals surface area contributed by atoms with Crippen molar-refractivity contribution >= 4 is 29.2 Å². The Morgan fingerprint density at radius 1 is 0.973 bits per heavy atom. The van der Waals surface area contributed by atoms with Crippen LogP contribution in [0.25, 0.3) is 11.1 Å². The maximum atomic E-state index is 14.2. The number of pyridine rings is 1. The first-order valence-electron chi connectivity index (χ1n) is 11.2. The molecule has 1 aromatic heterocycles. The summed E-state index contributed by atoms with van der Waals surface area (Å²) in [6, 6.07) is 18.6. The number of aromatic nitrogens is 1. The Balaban J connectivity index is 1.73. The third-order valence-electron chi connectivity index (χ3n) is 6.26. The summed E-state index contributed by atoms with van der Waals surface area (Å²) in [5, 5.41) is 13.3. The van der Waals surface area contributed by atoms with Gasteiger partial charge in [0, 0.05) is 35.3 Å². The van der Waals surface area contributed by atoms with Crippen molar-refractivity contribution in [2.24, 2.45) is 12.2 Å². The summed E-state index contributed by atoms with van der Waals surface area (Å²) in [4.78, 5) is 34.9. The normalized spacial score (nSPS) is 12.6. The predicted molar refractivity (Wildman–Crippen MR) is 142 cm³/mol. The Bertz CT molecular complexity index is 1540. The maximum Gasteiger partial charge on any atom is 0.338 e. The van der Waals surface area contributed by atoms with Crippen molar-refractivity contribution in [3.63, 3.8) is 0 Å². The van der Waals surface area contributed by atoms with E-state index in [0.717, 1.165) is 11.1 Å². The number of aromatic carboxylic acids is 1. The van der Waals surface area contributed by atoms with E-state index in [4.69, 9.17) is 28.3 Å². The van der Waals surface area contributed by atoms with E-state index < -0.39 is 23.4 Å². The van der Waals surface area contributed by atoms with E-state index in [1.165, 1.54) is 22.8 Å². The number of carboxylic acid groups (broad SMARTS) is 1. The molecule has 0 amide bonds. The van der Waals surface area contributed by atoms with Crippen LogP contribution in [0.5, 0.6) is 0 Å². The minimum absolute atomic E-state index is 0.200. The van der Waals surface area contributed by atoms with Gasteiger partial charge in [0.05, 0.1) is 5.56 Å². The molecule has 4 aromatic rings. The highest BCUT2D eigenvalue weighted by atomic mass is 35.5. The van der Waals surface area contributed by atoms with Crippen LogP contribution in [-0.2, 0) is 7.05 Å². The largest absolute Gasteiger partial charge is 0.478 e. The summed E-state index contributed by atoms with van der Waals surface area (Å²) >= 11 is 12.7. The van der Waals surface area contributed by atoms with Gasteiger partial charge in [0.25, 0.3) is 0 Å². The van der Waals surface area contributed by atoms with Gasteiger partial charge in [-0.25, -0.2) is 9.18 Å². The summed E-state index contributed by atoms with van der Waals surface area (Å²) in [6.45, 7) is 0. The van der Waals surface area contributed by atoms with E-state index in [1.54, 1.807) is 55.7 Å². The van der Waals surface area contributed by atoms with Crippen molar-refractivity contribution in [2.45, 2.75) is 18.4 Å². The molecule has 0 aliphatic rings. The third kappa shape index (κ3) is 5.79. The number of rotatable bonds is 8. The van der Waals surface area contributed by atoms with Crippen molar-refractivity contribution in [2.75, 3.05) is 0 Å². The second-order valence-corrected chi connectivity index (χ2v) is 9.45. The molecule has 0 saturated heterocycles. The third-order valence-corrected chi connectivity index (χ3v) is 6.83. The molecule has 3 aromatic carbocycles. The number of hydrogen-bond acceptors (Lipinski definition) is 4. The molecule has 0 aliphatic carbocycles. The van der Waals surface area contributed by atoms with Crippen LogP contribution in [0.1, 0.15) is 45.4 Å². The van der Waals surface area contributed by atoms with Gasteiger partial charge in [-0.15, -0.1) is 0 Å². The number of aryl methyl sites for hydroxylation is 1. The molecule has 0 radical (unpaired) electrons. The zero-order valence-corrected chi connectivity index (χ0v) is 21.1. The van der Waals surface area contributed by atoms with Crippen LogP contribution in [0.15, 0.2) is 89.0 Å². The average Bonchev–Trinajstić information content (AvgIpc) is 2.87. The minimum atomic E-state index is -1.33. The van der Waals surface area contributed by atoms with Crippen LogP contribution in [-0.4, -0.2) is 15.6 Å². The van der Waals surface area contributed by atoms with Gasteiger partial charge in [-0.2, -0.15) is 4.91 Å². The number of benzene rings is 3. The molecule has 0 spiro atoms. The lowest BCUT2D eigenvalue weighted by molar-refractivity contribution is 0.0692. The fraction of sp³-hybridized carbons (Fsp3) is 0.143. The molecule has 0 fully saturated rings. The van der Waals surface area contributed by atoms with Crippen LogP contribution >= 0.6 is 23.2 Å². The van der Waals surface area contributed by atoms with Gasteiger partial charge in [0.15, 0.2) is 0 Å². The summed E-state index contributed by atoms with van der Waals surface area (Å²) in [6.07, 6.45) is 1.86. The topological polar surface area (TPSA) is 88.7 Å². The molecule has 1 heterocycles. The van der Waals surface area contributed by atoms with Crippen LogP contribution in [0, 0.1) is 10.7 Å². The molecule has 1 N–H and O–H groups in total. The van der Waals surface area contributed by atoms with E-state index >= 15 is 0 Å². The zero-order valence-electron chi connectivity index (χ0n) is 19.6. The lowest BCUT2D eigenvalue weighted by Gasteiger charge is -2.23. The number of halogens is 3. The molecule has 6 nitrogen and oxygen atoms in total. The van der Waals surface area contributed by atoms with Crippen LogP contribution < -0.4 is 5.56 Å². The van der Waals surface area contributed by atoms with Gasteiger partial charge >= 0.3 is 5.97 Å². The molecular weight excluding hydrogens is 518 g/mol. The lowest BCUT2D eigenvalue weighted by atomic mass is 9.84. The lowest BCUT2D eigenvalue weighted by Crippen LogP contribution is -2.16. The van der Waals surface area contributed by atoms with E-state index in [9.17, 15) is 18.9 Å². The van der Waals surface area contributed by atoms with Gasteiger partial charge in [0.2, 0.25) is 5.56 Å². The van der Waals surface area contributed by atoms with E-state index in [2.05, 4.69) is 5.18 Å². The number of carboxylic acids is 1.